The van der Waals surface area contributed by atoms with Gasteiger partial charge in [0.1, 0.15) is 11.5 Å². The van der Waals surface area contributed by atoms with Crippen LogP contribution in [0.15, 0.2) is 18.2 Å². The first kappa shape index (κ1) is 19.9. The van der Waals surface area contributed by atoms with Gasteiger partial charge in [-0.1, -0.05) is 18.2 Å². The van der Waals surface area contributed by atoms with Crippen molar-refractivity contribution >= 4 is 23.8 Å². The van der Waals surface area contributed by atoms with Crippen LogP contribution in [0, 0.1) is 5.92 Å². The number of nitrogens with zero attached hydrogens (tertiary/aromatic N) is 1. The fraction of sp³-hybridized carbons (Fsp3) is 0.500. The van der Waals surface area contributed by atoms with E-state index < -0.39 is 23.5 Å². The third-order valence-electron chi connectivity index (χ3n) is 4.68. The van der Waals surface area contributed by atoms with Gasteiger partial charge in [0.2, 0.25) is 17.7 Å². The van der Waals surface area contributed by atoms with E-state index in [1.165, 1.54) is 0 Å². The van der Waals surface area contributed by atoms with Crippen molar-refractivity contribution in [2.24, 2.45) is 5.92 Å². The van der Waals surface area contributed by atoms with Gasteiger partial charge >= 0.3 is 6.09 Å². The van der Waals surface area contributed by atoms with Crippen LogP contribution in [0.5, 0.6) is 0 Å². The van der Waals surface area contributed by atoms with E-state index in [1.807, 2.05) is 18.2 Å². The lowest BCUT2D eigenvalue weighted by Gasteiger charge is -2.24. The standard InChI is InChI=1S/C20H25N3O5/c1-20(2,3)28-19(27)21-9-12-4-5-13-10-23(11-14(13)8-12)18(26)15-6-7-16(24)22-17(15)25/h4-5,8,15H,6-7,9-11H2,1-3H3,(H,21,27)(H,22,24,25). The Hall–Kier alpha value is -2.90. The summed E-state index contributed by atoms with van der Waals surface area (Å²) in [6.07, 6.45) is -0.0483. The Balaban J connectivity index is 1.59. The molecule has 0 aliphatic carbocycles. The summed E-state index contributed by atoms with van der Waals surface area (Å²) in [6, 6.07) is 5.78. The summed E-state index contributed by atoms with van der Waals surface area (Å²) >= 11 is 0. The molecule has 0 radical (unpaired) electrons. The number of amides is 4. The van der Waals surface area contributed by atoms with E-state index in [-0.39, 0.29) is 24.7 Å². The van der Waals surface area contributed by atoms with Crippen molar-refractivity contribution in [2.45, 2.75) is 58.8 Å². The molecule has 1 unspecified atom stereocenters. The van der Waals surface area contributed by atoms with Crippen LogP contribution in [-0.2, 0) is 38.8 Å². The van der Waals surface area contributed by atoms with Crippen LogP contribution in [0.25, 0.3) is 0 Å². The summed E-state index contributed by atoms with van der Waals surface area (Å²) in [7, 11) is 0. The summed E-state index contributed by atoms with van der Waals surface area (Å²) in [5, 5.41) is 4.95. The summed E-state index contributed by atoms with van der Waals surface area (Å²) in [4.78, 5) is 49.3. The predicted molar refractivity (Wildman–Crippen MR) is 99.6 cm³/mol. The molecule has 1 saturated heterocycles. The molecule has 2 heterocycles. The summed E-state index contributed by atoms with van der Waals surface area (Å²) in [5.41, 5.74) is 2.35. The van der Waals surface area contributed by atoms with Crippen LogP contribution in [0.2, 0.25) is 0 Å². The highest BCUT2D eigenvalue weighted by atomic mass is 16.6. The Labute approximate surface area is 163 Å². The zero-order valence-electron chi connectivity index (χ0n) is 16.3. The Bertz CT molecular complexity index is 828. The van der Waals surface area contributed by atoms with Crippen LogP contribution in [0.4, 0.5) is 4.79 Å². The Morgan fingerprint density at radius 3 is 2.61 bits per heavy atom. The number of hydrogen-bond acceptors (Lipinski definition) is 5. The molecule has 1 aromatic carbocycles. The first-order chi connectivity index (χ1) is 13.1. The van der Waals surface area contributed by atoms with Crippen molar-refractivity contribution in [3.63, 3.8) is 0 Å². The molecule has 2 N–H and O–H groups in total. The second-order valence-electron chi connectivity index (χ2n) is 8.16. The van der Waals surface area contributed by atoms with Crippen molar-refractivity contribution in [1.82, 2.24) is 15.5 Å². The highest BCUT2D eigenvalue weighted by Crippen LogP contribution is 2.27. The Morgan fingerprint density at radius 2 is 1.93 bits per heavy atom. The molecular weight excluding hydrogens is 362 g/mol. The number of carbonyl (C=O) groups excluding carboxylic acids is 4. The number of hydrogen-bond donors (Lipinski definition) is 2. The summed E-state index contributed by atoms with van der Waals surface area (Å²) < 4.78 is 5.22. The monoisotopic (exact) mass is 387 g/mol. The summed E-state index contributed by atoms with van der Waals surface area (Å²) in [5.74, 6) is -1.91. The van der Waals surface area contributed by atoms with Gasteiger partial charge in [-0.15, -0.1) is 0 Å². The molecule has 0 aromatic heterocycles. The maximum Gasteiger partial charge on any atom is 0.407 e. The number of fused-ring (bicyclic) bond motifs is 1. The minimum atomic E-state index is -0.805. The Morgan fingerprint density at radius 1 is 1.21 bits per heavy atom. The third-order valence-corrected chi connectivity index (χ3v) is 4.68. The zero-order chi connectivity index (χ0) is 20.5. The van der Waals surface area contributed by atoms with Crippen molar-refractivity contribution in [2.75, 3.05) is 0 Å². The quantitative estimate of drug-likeness (QED) is 0.606. The first-order valence-electron chi connectivity index (χ1n) is 9.32. The van der Waals surface area contributed by atoms with Crippen LogP contribution in [0.1, 0.15) is 50.3 Å². The molecule has 2 aliphatic rings. The number of piperidine rings is 1. The molecule has 150 valence electrons. The lowest BCUT2D eigenvalue weighted by molar-refractivity contribution is -0.146. The maximum absolute atomic E-state index is 12.7. The number of ether oxygens (including phenoxy) is 1. The van der Waals surface area contributed by atoms with Gasteiger partial charge in [0.15, 0.2) is 0 Å². The van der Waals surface area contributed by atoms with Crippen molar-refractivity contribution in [3.05, 3.63) is 34.9 Å². The molecule has 8 heteroatoms. The fourth-order valence-electron chi connectivity index (χ4n) is 3.35. The van der Waals surface area contributed by atoms with Gasteiger partial charge in [-0.05, 0) is 43.9 Å². The van der Waals surface area contributed by atoms with Crippen LogP contribution in [0.3, 0.4) is 0 Å². The average Bonchev–Trinajstić information content (AvgIpc) is 3.01. The molecular formula is C20H25N3O5. The van der Waals surface area contributed by atoms with E-state index in [0.717, 1.165) is 16.7 Å². The minimum absolute atomic E-state index is 0.184. The molecule has 1 fully saturated rings. The number of imide groups is 1. The van der Waals surface area contributed by atoms with Gasteiger partial charge < -0.3 is 15.0 Å². The highest BCUT2D eigenvalue weighted by Gasteiger charge is 2.37. The van der Waals surface area contributed by atoms with Crippen molar-refractivity contribution in [1.29, 1.82) is 0 Å². The van der Waals surface area contributed by atoms with E-state index in [9.17, 15) is 19.2 Å². The topological polar surface area (TPSA) is 105 Å². The van der Waals surface area contributed by atoms with Crippen LogP contribution >= 0.6 is 0 Å². The molecule has 2 aliphatic heterocycles. The average molecular weight is 387 g/mol. The van der Waals surface area contributed by atoms with Crippen LogP contribution < -0.4 is 10.6 Å². The third kappa shape index (κ3) is 4.68. The molecule has 0 spiro atoms. The Kier molecular flexibility index (Phi) is 5.40. The van der Waals surface area contributed by atoms with Crippen molar-refractivity contribution < 1.29 is 23.9 Å². The number of nitrogens with one attached hydrogen (secondary N) is 2. The molecule has 0 saturated carbocycles. The van der Waals surface area contributed by atoms with Gasteiger partial charge in [-0.3, -0.25) is 19.7 Å². The molecule has 1 atom stereocenters. The van der Waals surface area contributed by atoms with E-state index in [4.69, 9.17) is 4.74 Å². The lowest BCUT2D eigenvalue weighted by atomic mass is 9.97. The number of rotatable bonds is 3. The normalized spacial score (nSPS) is 19.1. The van der Waals surface area contributed by atoms with Crippen LogP contribution in [-0.4, -0.2) is 34.3 Å². The van der Waals surface area contributed by atoms with E-state index in [0.29, 0.717) is 19.6 Å². The van der Waals surface area contributed by atoms with Crippen molar-refractivity contribution in [3.8, 4) is 0 Å². The molecule has 28 heavy (non-hydrogen) atoms. The van der Waals surface area contributed by atoms with Gasteiger partial charge in [0.05, 0.1) is 0 Å². The fourth-order valence-corrected chi connectivity index (χ4v) is 3.35. The van der Waals surface area contributed by atoms with Gasteiger partial charge in [0.25, 0.3) is 0 Å². The predicted octanol–water partition coefficient (Wildman–Crippen LogP) is 1.61. The van der Waals surface area contributed by atoms with Gasteiger partial charge in [0, 0.05) is 26.1 Å². The largest absolute Gasteiger partial charge is 0.444 e. The second kappa shape index (κ2) is 7.61. The SMILES string of the molecule is CC(C)(C)OC(=O)NCc1ccc2c(c1)CN(C(=O)C1CCC(=O)NC1=O)C2. The molecule has 4 amide bonds. The first-order valence-corrected chi connectivity index (χ1v) is 9.32. The van der Waals surface area contributed by atoms with Gasteiger partial charge in [-0.25, -0.2) is 4.79 Å². The second-order valence-corrected chi connectivity index (χ2v) is 8.16. The molecule has 3 rings (SSSR count). The lowest BCUT2D eigenvalue weighted by Crippen LogP contribution is -2.47. The minimum Gasteiger partial charge on any atom is -0.444 e. The molecule has 8 nitrogen and oxygen atoms in total. The highest BCUT2D eigenvalue weighted by molar-refractivity contribution is 6.08. The molecule has 0 bridgehead atoms. The van der Waals surface area contributed by atoms with E-state index in [1.54, 1.807) is 25.7 Å². The number of carbonyl (C=O) groups is 4. The summed E-state index contributed by atoms with van der Waals surface area (Å²) in [6.45, 7) is 6.57. The molecule has 1 aromatic rings. The van der Waals surface area contributed by atoms with E-state index >= 15 is 0 Å². The van der Waals surface area contributed by atoms with E-state index in [2.05, 4.69) is 10.6 Å². The maximum atomic E-state index is 12.7. The number of alkyl carbamates (subject to hydrolysis) is 1. The van der Waals surface area contributed by atoms with Gasteiger partial charge in [-0.2, -0.15) is 0 Å². The smallest absolute Gasteiger partial charge is 0.407 e. The zero-order valence-corrected chi connectivity index (χ0v) is 16.3. The number of benzene rings is 1.